The third-order valence-electron chi connectivity index (χ3n) is 3.01. The molecule has 0 bridgehead atoms. The Morgan fingerprint density at radius 3 is 2.73 bits per heavy atom. The van der Waals surface area contributed by atoms with Gasteiger partial charge in [0.2, 0.25) is 0 Å². The maximum Gasteiger partial charge on any atom is 0.270 e. The van der Waals surface area contributed by atoms with Crippen LogP contribution in [0.15, 0.2) is 34.1 Å². The monoisotopic (exact) mass is 383 g/mol. The minimum Gasteiger partial charge on any atom is -0.387 e. The van der Waals surface area contributed by atoms with Crippen molar-refractivity contribution in [2.45, 2.75) is 6.42 Å². The van der Waals surface area contributed by atoms with E-state index in [1.807, 2.05) is 12.1 Å². The van der Waals surface area contributed by atoms with Gasteiger partial charge in [0.1, 0.15) is 0 Å². The van der Waals surface area contributed by atoms with Crippen LogP contribution >= 0.6 is 27.3 Å². The molecule has 116 valence electrons. The molecule has 1 aromatic carbocycles. The number of nitro groups is 1. The molecular weight excluding hydrogens is 370 g/mol. The van der Waals surface area contributed by atoms with Crippen LogP contribution in [0.5, 0.6) is 0 Å². The summed E-state index contributed by atoms with van der Waals surface area (Å²) in [6.07, 6.45) is 0.714. The molecule has 1 heterocycles. The third-order valence-corrected chi connectivity index (χ3v) is 4.70. The molecule has 2 N–H and O–H groups in total. The van der Waals surface area contributed by atoms with Crippen LogP contribution in [0.3, 0.4) is 0 Å². The molecule has 0 atom stereocenters. The SMILES string of the molecule is CNc1ccc([N+](=O)[O-])cc1C(=O)NCCc1ccc(Br)s1. The fourth-order valence-electron chi connectivity index (χ4n) is 1.93. The van der Waals surface area contributed by atoms with Crippen molar-refractivity contribution in [3.8, 4) is 0 Å². The number of halogens is 1. The summed E-state index contributed by atoms with van der Waals surface area (Å²) in [7, 11) is 1.67. The predicted molar refractivity (Wildman–Crippen MR) is 90.7 cm³/mol. The van der Waals surface area contributed by atoms with Crippen LogP contribution in [0.25, 0.3) is 0 Å². The number of hydrogen-bond acceptors (Lipinski definition) is 5. The lowest BCUT2D eigenvalue weighted by Crippen LogP contribution is -2.26. The Bertz CT molecular complexity index is 702. The highest BCUT2D eigenvalue weighted by Crippen LogP contribution is 2.23. The first-order chi connectivity index (χ1) is 10.5. The van der Waals surface area contributed by atoms with Gasteiger partial charge in [0, 0.05) is 36.3 Å². The number of rotatable bonds is 6. The fourth-order valence-corrected chi connectivity index (χ4v) is 3.41. The lowest BCUT2D eigenvalue weighted by molar-refractivity contribution is -0.384. The highest BCUT2D eigenvalue weighted by Gasteiger charge is 2.15. The zero-order chi connectivity index (χ0) is 16.1. The number of thiophene rings is 1. The highest BCUT2D eigenvalue weighted by atomic mass is 79.9. The van der Waals surface area contributed by atoms with Gasteiger partial charge in [0.05, 0.1) is 14.3 Å². The van der Waals surface area contributed by atoms with E-state index in [2.05, 4.69) is 26.6 Å². The Morgan fingerprint density at radius 1 is 1.36 bits per heavy atom. The molecule has 0 aliphatic carbocycles. The summed E-state index contributed by atoms with van der Waals surface area (Å²) in [4.78, 5) is 23.7. The number of hydrogen-bond donors (Lipinski definition) is 2. The Kier molecular flexibility index (Phi) is 5.51. The average Bonchev–Trinajstić information content (AvgIpc) is 2.91. The molecule has 8 heteroatoms. The molecule has 2 aromatic rings. The molecule has 2 rings (SSSR count). The number of carbonyl (C=O) groups is 1. The van der Waals surface area contributed by atoms with E-state index >= 15 is 0 Å². The van der Waals surface area contributed by atoms with E-state index in [0.29, 0.717) is 18.7 Å². The average molecular weight is 384 g/mol. The number of nitrogens with one attached hydrogen (secondary N) is 2. The molecule has 0 spiro atoms. The molecule has 0 saturated carbocycles. The Hall–Kier alpha value is -1.93. The van der Waals surface area contributed by atoms with Crippen molar-refractivity contribution >= 4 is 44.5 Å². The Morgan fingerprint density at radius 2 is 2.14 bits per heavy atom. The van der Waals surface area contributed by atoms with E-state index in [0.717, 1.165) is 8.66 Å². The number of nitrogens with zero attached hydrogens (tertiary/aromatic N) is 1. The van der Waals surface area contributed by atoms with E-state index in [9.17, 15) is 14.9 Å². The van der Waals surface area contributed by atoms with Crippen molar-refractivity contribution in [3.63, 3.8) is 0 Å². The van der Waals surface area contributed by atoms with Crippen LogP contribution in [0.4, 0.5) is 11.4 Å². The number of carbonyl (C=O) groups excluding carboxylic acids is 1. The summed E-state index contributed by atoms with van der Waals surface area (Å²) in [5.41, 5.74) is 0.720. The molecule has 1 aromatic heterocycles. The van der Waals surface area contributed by atoms with Gasteiger partial charge in [0.15, 0.2) is 0 Å². The second kappa shape index (κ2) is 7.37. The van der Waals surface area contributed by atoms with Gasteiger partial charge in [0.25, 0.3) is 11.6 Å². The molecular formula is C14H14BrN3O3S. The normalized spacial score (nSPS) is 10.3. The van der Waals surface area contributed by atoms with E-state index in [4.69, 9.17) is 0 Å². The van der Waals surface area contributed by atoms with Gasteiger partial charge in [-0.05, 0) is 40.5 Å². The number of non-ortho nitro benzene ring substituents is 1. The van der Waals surface area contributed by atoms with Crippen LogP contribution in [0.2, 0.25) is 0 Å². The van der Waals surface area contributed by atoms with Gasteiger partial charge in [-0.25, -0.2) is 0 Å². The second-order valence-corrected chi connectivity index (χ2v) is 7.00. The van der Waals surface area contributed by atoms with Crippen LogP contribution < -0.4 is 10.6 Å². The largest absolute Gasteiger partial charge is 0.387 e. The van der Waals surface area contributed by atoms with Gasteiger partial charge < -0.3 is 10.6 Å². The lowest BCUT2D eigenvalue weighted by Gasteiger charge is -2.09. The van der Waals surface area contributed by atoms with E-state index in [1.54, 1.807) is 18.4 Å². The Balaban J connectivity index is 2.04. The summed E-state index contributed by atoms with van der Waals surface area (Å²) >= 11 is 5.00. The smallest absolute Gasteiger partial charge is 0.270 e. The standard InChI is InChI=1S/C14H14BrN3O3S/c1-16-12-4-2-9(18(20)21)8-11(12)14(19)17-7-6-10-3-5-13(15)22-10/h2-5,8,16H,6-7H2,1H3,(H,17,19). The van der Waals surface area contributed by atoms with E-state index in [1.165, 1.54) is 18.2 Å². The van der Waals surface area contributed by atoms with Gasteiger partial charge in [-0.1, -0.05) is 0 Å². The molecule has 22 heavy (non-hydrogen) atoms. The van der Waals surface area contributed by atoms with Crippen molar-refractivity contribution < 1.29 is 9.72 Å². The minimum atomic E-state index is -0.514. The number of nitro benzene ring substituents is 1. The Labute approximate surface area is 139 Å². The fraction of sp³-hybridized carbons (Fsp3) is 0.214. The molecule has 0 fully saturated rings. The second-order valence-electron chi connectivity index (χ2n) is 4.45. The van der Waals surface area contributed by atoms with Crippen molar-refractivity contribution in [3.05, 3.63) is 54.7 Å². The first-order valence-electron chi connectivity index (χ1n) is 6.50. The van der Waals surface area contributed by atoms with Gasteiger partial charge >= 0.3 is 0 Å². The third kappa shape index (κ3) is 4.05. The number of amides is 1. The van der Waals surface area contributed by atoms with E-state index < -0.39 is 4.92 Å². The number of benzene rings is 1. The summed E-state index contributed by atoms with van der Waals surface area (Å²) in [6.45, 7) is 0.470. The van der Waals surface area contributed by atoms with Crippen molar-refractivity contribution in [2.75, 3.05) is 18.9 Å². The van der Waals surface area contributed by atoms with E-state index in [-0.39, 0.29) is 17.2 Å². The molecule has 1 amide bonds. The molecule has 6 nitrogen and oxygen atoms in total. The summed E-state index contributed by atoms with van der Waals surface area (Å²) in [5, 5.41) is 16.5. The summed E-state index contributed by atoms with van der Waals surface area (Å²) < 4.78 is 1.05. The molecule has 0 aliphatic rings. The highest BCUT2D eigenvalue weighted by molar-refractivity contribution is 9.11. The van der Waals surface area contributed by atoms with Gasteiger partial charge in [-0.3, -0.25) is 14.9 Å². The van der Waals surface area contributed by atoms with Gasteiger partial charge in [-0.15, -0.1) is 11.3 Å². The van der Waals surface area contributed by atoms with Crippen molar-refractivity contribution in [1.82, 2.24) is 5.32 Å². The zero-order valence-electron chi connectivity index (χ0n) is 11.8. The zero-order valence-corrected chi connectivity index (χ0v) is 14.2. The molecule has 0 unspecified atom stereocenters. The summed E-state index contributed by atoms with van der Waals surface area (Å²) in [5.74, 6) is -0.330. The van der Waals surface area contributed by atoms with Gasteiger partial charge in [-0.2, -0.15) is 0 Å². The van der Waals surface area contributed by atoms with Crippen LogP contribution in [0.1, 0.15) is 15.2 Å². The van der Waals surface area contributed by atoms with Crippen LogP contribution in [0, 0.1) is 10.1 Å². The van der Waals surface area contributed by atoms with Crippen molar-refractivity contribution in [1.29, 1.82) is 0 Å². The first kappa shape index (κ1) is 16.4. The van der Waals surface area contributed by atoms with Crippen LogP contribution in [-0.2, 0) is 6.42 Å². The first-order valence-corrected chi connectivity index (χ1v) is 8.11. The maximum absolute atomic E-state index is 12.2. The predicted octanol–water partition coefficient (Wildman–Crippen LogP) is 3.43. The molecule has 0 radical (unpaired) electrons. The molecule has 0 saturated heterocycles. The van der Waals surface area contributed by atoms with Crippen molar-refractivity contribution in [2.24, 2.45) is 0 Å². The van der Waals surface area contributed by atoms with Crippen LogP contribution in [-0.4, -0.2) is 24.4 Å². The minimum absolute atomic E-state index is 0.105. The lowest BCUT2D eigenvalue weighted by atomic mass is 10.1. The molecule has 0 aliphatic heterocycles. The topological polar surface area (TPSA) is 84.3 Å². The maximum atomic E-state index is 12.2. The quantitative estimate of drug-likeness (QED) is 0.590. The summed E-state index contributed by atoms with van der Waals surface area (Å²) in [6, 6.07) is 8.13. The number of anilines is 1.